The molecule has 11 heteroatoms. The number of aromatic amines is 1. The highest BCUT2D eigenvalue weighted by Crippen LogP contribution is 2.23. The summed E-state index contributed by atoms with van der Waals surface area (Å²) in [6.07, 6.45) is 3.34. The van der Waals surface area contributed by atoms with Crippen molar-refractivity contribution in [1.82, 2.24) is 20.6 Å². The van der Waals surface area contributed by atoms with Crippen LogP contribution >= 0.6 is 0 Å². The maximum Gasteiger partial charge on any atom is 0.326 e. The van der Waals surface area contributed by atoms with E-state index in [1.807, 2.05) is 49.4 Å². The highest BCUT2D eigenvalue weighted by molar-refractivity contribution is 5.90. The molecule has 1 heterocycles. The van der Waals surface area contributed by atoms with Crippen molar-refractivity contribution in [2.45, 2.75) is 32.2 Å². The lowest BCUT2D eigenvalue weighted by Crippen LogP contribution is -2.46. The Kier molecular flexibility index (Phi) is 10.1. The van der Waals surface area contributed by atoms with Gasteiger partial charge in [0.2, 0.25) is 11.8 Å². The lowest BCUT2D eigenvalue weighted by atomic mass is 9.91. The molecule has 0 radical (unpaired) electrons. The lowest BCUT2D eigenvalue weighted by Gasteiger charge is -2.21. The van der Waals surface area contributed by atoms with Crippen LogP contribution in [0.3, 0.4) is 0 Å². The summed E-state index contributed by atoms with van der Waals surface area (Å²) in [7, 11) is 0. The molecule has 11 nitrogen and oxygen atoms in total. The highest BCUT2D eigenvalue weighted by atomic mass is 16.4. The minimum absolute atomic E-state index is 0.0285. The second-order valence-corrected chi connectivity index (χ2v) is 7.48. The van der Waals surface area contributed by atoms with Gasteiger partial charge in [0.1, 0.15) is 6.04 Å². The number of carboxylic acids is 1. The number of hydrogen-bond donors (Lipinski definition) is 5. The van der Waals surface area contributed by atoms with Crippen LogP contribution in [0.2, 0.25) is 0 Å². The van der Waals surface area contributed by atoms with Crippen molar-refractivity contribution in [2.24, 2.45) is 5.92 Å². The molecule has 2 aromatic carbocycles. The van der Waals surface area contributed by atoms with Crippen LogP contribution in [0, 0.1) is 11.4 Å². The van der Waals surface area contributed by atoms with Gasteiger partial charge in [0.15, 0.2) is 0 Å². The molecule has 5 N–H and O–H groups in total. The first-order valence-corrected chi connectivity index (χ1v) is 10.6. The summed E-state index contributed by atoms with van der Waals surface area (Å²) in [5.74, 6) is -2.57. The Morgan fingerprint density at radius 2 is 1.88 bits per heavy atom. The maximum absolute atomic E-state index is 13.1. The fourth-order valence-corrected chi connectivity index (χ4v) is 3.59. The summed E-state index contributed by atoms with van der Waals surface area (Å²) in [6.45, 7) is 2.27. The molecule has 34 heavy (non-hydrogen) atoms. The normalized spacial score (nSPS) is 11.9. The van der Waals surface area contributed by atoms with Crippen LogP contribution < -0.4 is 10.6 Å². The summed E-state index contributed by atoms with van der Waals surface area (Å²) in [6, 6.07) is 12.5. The van der Waals surface area contributed by atoms with E-state index in [1.165, 1.54) is 12.5 Å². The number of fused-ring (bicyclic) bond motifs is 1. The number of hydrogen-bond acceptors (Lipinski definition) is 5. The molecular weight excluding hydrogens is 438 g/mol. The molecule has 3 aromatic rings. The van der Waals surface area contributed by atoms with Gasteiger partial charge >= 0.3 is 5.97 Å². The van der Waals surface area contributed by atoms with Gasteiger partial charge in [-0.05, 0) is 40.1 Å². The molecular formula is C23H27N7O4. The number of carbonyl (C=O) groups excluding carboxylic acids is 2. The standard InChI is InChI=1S/C23H26N4O4.HN3/c1-2-25-21(28)11-17(10-16-8-5-7-15-6-3-4-9-19(15)16)22(29)27-20(23(30)31)12-18-13-24-14-26-18;1-3-2/h3-9,13-14,17,20H,2,10-12H2,1H3,(H,24,26)(H,25,28)(H,27,29)(H,30,31);1H/t17?,20-;/m0./s1. The summed E-state index contributed by atoms with van der Waals surface area (Å²) in [4.78, 5) is 45.5. The van der Waals surface area contributed by atoms with Gasteiger partial charge in [-0.1, -0.05) is 42.5 Å². The number of imidazole rings is 1. The summed E-state index contributed by atoms with van der Waals surface area (Å²) in [5, 5.41) is 16.9. The number of amides is 2. The Morgan fingerprint density at radius 3 is 2.53 bits per heavy atom. The fraction of sp³-hybridized carbons (Fsp3) is 0.304. The monoisotopic (exact) mass is 465 g/mol. The van der Waals surface area contributed by atoms with Gasteiger partial charge in [0.25, 0.3) is 0 Å². The number of carboxylic acid groups (broad SMARTS) is 1. The number of nitrogens with one attached hydrogen (secondary N) is 4. The molecule has 2 atom stereocenters. The quantitative estimate of drug-likeness (QED) is 0.175. The van der Waals surface area contributed by atoms with Crippen molar-refractivity contribution < 1.29 is 19.5 Å². The predicted octanol–water partition coefficient (Wildman–Crippen LogP) is 2.94. The fourth-order valence-electron chi connectivity index (χ4n) is 3.59. The van der Waals surface area contributed by atoms with Crippen LogP contribution in [0.25, 0.3) is 21.2 Å². The molecule has 2 amide bonds. The topological polar surface area (TPSA) is 184 Å². The van der Waals surface area contributed by atoms with E-state index in [-0.39, 0.29) is 18.7 Å². The van der Waals surface area contributed by atoms with Crippen LogP contribution in [0.1, 0.15) is 24.6 Å². The highest BCUT2D eigenvalue weighted by Gasteiger charge is 2.28. The minimum atomic E-state index is -1.15. The Morgan fingerprint density at radius 1 is 1.18 bits per heavy atom. The average Bonchev–Trinajstić information content (AvgIpc) is 3.32. The Hall–Kier alpha value is -4.37. The van der Waals surface area contributed by atoms with Crippen LogP contribution in [0.4, 0.5) is 0 Å². The summed E-state index contributed by atoms with van der Waals surface area (Å²) >= 11 is 0. The predicted molar refractivity (Wildman–Crippen MR) is 126 cm³/mol. The number of benzene rings is 2. The van der Waals surface area contributed by atoms with Gasteiger partial charge in [0, 0.05) is 31.3 Å². The van der Waals surface area contributed by atoms with E-state index in [4.69, 9.17) is 11.1 Å². The summed E-state index contributed by atoms with van der Waals surface area (Å²) < 4.78 is 0. The largest absolute Gasteiger partial charge is 0.480 e. The first kappa shape index (κ1) is 25.9. The van der Waals surface area contributed by atoms with Crippen molar-refractivity contribution in [2.75, 3.05) is 6.54 Å². The molecule has 0 saturated carbocycles. The second kappa shape index (κ2) is 13.2. The second-order valence-electron chi connectivity index (χ2n) is 7.48. The smallest absolute Gasteiger partial charge is 0.326 e. The van der Waals surface area contributed by atoms with E-state index in [1.54, 1.807) is 4.91 Å². The number of H-pyrrole nitrogens is 1. The SMILES string of the molecule is CCNC(=O)CC(Cc1cccc2ccccc12)C(=O)N[C@@H](Cc1cnc[nH]1)C(=O)O.[N-]=[N+]=N. The molecule has 178 valence electrons. The molecule has 0 aliphatic rings. The van der Waals surface area contributed by atoms with Crippen LogP contribution in [0.15, 0.2) is 55.0 Å². The van der Waals surface area contributed by atoms with Gasteiger partial charge in [-0.2, -0.15) is 0 Å². The third kappa shape index (κ3) is 7.64. The molecule has 1 aromatic heterocycles. The van der Waals surface area contributed by atoms with Gasteiger partial charge in [-0.15, -0.1) is 5.53 Å². The zero-order chi connectivity index (χ0) is 24.9. The minimum Gasteiger partial charge on any atom is -0.480 e. The third-order valence-corrected chi connectivity index (χ3v) is 5.12. The Bertz CT molecular complexity index is 1140. The first-order chi connectivity index (χ1) is 16.4. The van der Waals surface area contributed by atoms with Crippen LogP contribution in [-0.4, -0.2) is 45.4 Å². The molecule has 0 aliphatic carbocycles. The van der Waals surface area contributed by atoms with Crippen LogP contribution in [-0.2, 0) is 27.2 Å². The van der Waals surface area contributed by atoms with E-state index >= 15 is 0 Å². The number of nitrogens with zero attached hydrogens (tertiary/aromatic N) is 3. The Labute approximate surface area is 196 Å². The molecule has 0 fully saturated rings. The molecule has 3 rings (SSSR count). The van der Waals surface area contributed by atoms with Crippen molar-refractivity contribution >= 4 is 28.6 Å². The van der Waals surface area contributed by atoms with E-state index in [0.717, 1.165) is 16.3 Å². The molecule has 0 saturated heterocycles. The van der Waals surface area contributed by atoms with Gasteiger partial charge in [0.05, 0.1) is 12.2 Å². The van der Waals surface area contributed by atoms with E-state index in [9.17, 15) is 19.5 Å². The zero-order valence-corrected chi connectivity index (χ0v) is 18.7. The van der Waals surface area contributed by atoms with Crippen molar-refractivity contribution in [3.8, 4) is 0 Å². The van der Waals surface area contributed by atoms with Crippen molar-refractivity contribution in [1.29, 1.82) is 5.53 Å². The van der Waals surface area contributed by atoms with Crippen molar-refractivity contribution in [3.05, 3.63) is 76.7 Å². The maximum atomic E-state index is 13.1. The molecule has 0 spiro atoms. The van der Waals surface area contributed by atoms with E-state index < -0.39 is 23.8 Å². The number of rotatable bonds is 10. The third-order valence-electron chi connectivity index (χ3n) is 5.12. The van der Waals surface area contributed by atoms with E-state index in [0.29, 0.717) is 18.7 Å². The van der Waals surface area contributed by atoms with E-state index in [2.05, 4.69) is 20.6 Å². The van der Waals surface area contributed by atoms with Gasteiger partial charge in [-0.3, -0.25) is 9.59 Å². The average molecular weight is 466 g/mol. The first-order valence-electron chi connectivity index (χ1n) is 10.6. The van der Waals surface area contributed by atoms with Crippen LogP contribution in [0.5, 0.6) is 0 Å². The molecule has 1 unspecified atom stereocenters. The van der Waals surface area contributed by atoms with Gasteiger partial charge in [-0.25, -0.2) is 9.78 Å². The number of aliphatic carboxylic acids is 1. The Balaban J connectivity index is 0.00000129. The van der Waals surface area contributed by atoms with Crippen molar-refractivity contribution in [3.63, 3.8) is 0 Å². The lowest BCUT2D eigenvalue weighted by molar-refractivity contribution is -0.142. The molecule has 0 aliphatic heterocycles. The number of carbonyl (C=O) groups is 3. The zero-order valence-electron chi connectivity index (χ0n) is 18.7. The van der Waals surface area contributed by atoms with Gasteiger partial charge < -0.3 is 20.7 Å². The molecule has 0 bridgehead atoms. The summed E-state index contributed by atoms with van der Waals surface area (Å²) in [5.41, 5.74) is 13.8. The number of aromatic nitrogens is 2.